The summed E-state index contributed by atoms with van der Waals surface area (Å²) in [6.45, 7) is 3.63. The summed E-state index contributed by atoms with van der Waals surface area (Å²) in [5.74, 6) is -2.94. The number of esters is 3. The van der Waals surface area contributed by atoms with Crippen molar-refractivity contribution in [2.24, 2.45) is 16.7 Å². The summed E-state index contributed by atoms with van der Waals surface area (Å²) < 4.78 is 21.9. The highest BCUT2D eigenvalue weighted by Crippen LogP contribution is 2.69. The average Bonchev–Trinajstić information content (AvgIpc) is 2.91. The van der Waals surface area contributed by atoms with E-state index in [2.05, 4.69) is 0 Å². The molecule has 0 aromatic heterocycles. The monoisotopic (exact) mass is 366 g/mol. The zero-order chi connectivity index (χ0) is 18.7. The Balaban J connectivity index is 1.86. The predicted octanol–water partition coefficient (Wildman–Crippen LogP) is 0.900. The first-order valence-corrected chi connectivity index (χ1v) is 9.11. The molecule has 0 radical (unpaired) electrons. The Morgan fingerprint density at radius 3 is 2.54 bits per heavy atom. The molecule has 0 amide bonds. The van der Waals surface area contributed by atoms with Crippen molar-refractivity contribution in [3.8, 4) is 0 Å². The average molecular weight is 366 g/mol. The molecule has 5 atom stereocenters. The second-order valence-corrected chi connectivity index (χ2v) is 7.55. The van der Waals surface area contributed by atoms with E-state index in [9.17, 15) is 19.2 Å². The number of carbonyl (C=O) groups excluding carboxylic acids is 4. The number of fused-ring (bicyclic) bond motifs is 2. The van der Waals surface area contributed by atoms with Gasteiger partial charge in [0.2, 0.25) is 6.29 Å². The molecule has 8 heteroatoms. The molecule has 4 fully saturated rings. The summed E-state index contributed by atoms with van der Waals surface area (Å²) in [6, 6.07) is 0. The van der Waals surface area contributed by atoms with Crippen molar-refractivity contribution in [1.82, 2.24) is 0 Å². The van der Waals surface area contributed by atoms with Crippen molar-refractivity contribution in [2.75, 3.05) is 13.2 Å². The van der Waals surface area contributed by atoms with Crippen LogP contribution in [-0.4, -0.2) is 48.8 Å². The van der Waals surface area contributed by atoms with Crippen LogP contribution in [0.25, 0.3) is 0 Å². The Hall–Kier alpha value is -1.96. The fourth-order valence-corrected chi connectivity index (χ4v) is 5.38. The minimum atomic E-state index is -1.46. The molecule has 1 spiro atoms. The van der Waals surface area contributed by atoms with Crippen molar-refractivity contribution in [2.45, 2.75) is 57.8 Å². The highest BCUT2D eigenvalue weighted by Gasteiger charge is 2.81. The summed E-state index contributed by atoms with van der Waals surface area (Å²) in [5, 5.41) is 0. The lowest BCUT2D eigenvalue weighted by Crippen LogP contribution is -2.69. The van der Waals surface area contributed by atoms with Crippen LogP contribution in [0.1, 0.15) is 46.0 Å². The summed E-state index contributed by atoms with van der Waals surface area (Å²) >= 11 is 0. The minimum Gasteiger partial charge on any atom is -0.465 e. The molecule has 0 aromatic rings. The molecule has 4 aliphatic rings. The van der Waals surface area contributed by atoms with E-state index >= 15 is 0 Å². The number of ketones is 1. The van der Waals surface area contributed by atoms with Crippen LogP contribution in [0.2, 0.25) is 0 Å². The summed E-state index contributed by atoms with van der Waals surface area (Å²) in [7, 11) is 0. The van der Waals surface area contributed by atoms with Gasteiger partial charge in [0.05, 0.1) is 19.1 Å². The van der Waals surface area contributed by atoms with Gasteiger partial charge in [-0.05, 0) is 26.7 Å². The van der Waals surface area contributed by atoms with Gasteiger partial charge in [0.1, 0.15) is 16.4 Å². The molecule has 2 saturated heterocycles. The summed E-state index contributed by atoms with van der Waals surface area (Å²) in [6.07, 6.45) is -0.373. The van der Waals surface area contributed by atoms with Crippen molar-refractivity contribution in [3.05, 3.63) is 0 Å². The standard InChI is InChI=1S/C18H22O8/c1-3-23-14(21)16-7-10-13(20)25-12-5-6-17(8-11(16)19,15(22)24-4-2)18(10,9-16)26-12/h10,12H,3-9H2,1-2H3/t10-,12-,16-,17+,18-/m0/s1. The zero-order valence-corrected chi connectivity index (χ0v) is 14.9. The van der Waals surface area contributed by atoms with E-state index in [1.165, 1.54) is 0 Å². The van der Waals surface area contributed by atoms with Crippen molar-refractivity contribution < 1.29 is 38.1 Å². The lowest BCUT2D eigenvalue weighted by molar-refractivity contribution is -0.316. The third-order valence-corrected chi connectivity index (χ3v) is 6.50. The molecule has 8 nitrogen and oxygen atoms in total. The number of ether oxygens (including phenoxy) is 4. The van der Waals surface area contributed by atoms with Crippen molar-refractivity contribution in [3.63, 3.8) is 0 Å². The van der Waals surface area contributed by atoms with E-state index in [0.29, 0.717) is 12.8 Å². The summed E-state index contributed by atoms with van der Waals surface area (Å²) in [5.41, 5.74) is -3.96. The maximum absolute atomic E-state index is 13.1. The van der Waals surface area contributed by atoms with Gasteiger partial charge in [-0.3, -0.25) is 19.2 Å². The fourth-order valence-electron chi connectivity index (χ4n) is 5.38. The van der Waals surface area contributed by atoms with E-state index in [1.807, 2.05) is 0 Å². The molecule has 2 aliphatic carbocycles. The first kappa shape index (κ1) is 17.5. The van der Waals surface area contributed by atoms with Gasteiger partial charge in [-0.15, -0.1) is 0 Å². The maximum Gasteiger partial charge on any atom is 0.319 e. The Bertz CT molecular complexity index is 701. The smallest absolute Gasteiger partial charge is 0.319 e. The lowest BCUT2D eigenvalue weighted by atomic mass is 9.55. The van der Waals surface area contributed by atoms with Crippen LogP contribution in [0.15, 0.2) is 0 Å². The zero-order valence-electron chi connectivity index (χ0n) is 14.9. The highest BCUT2D eigenvalue weighted by molar-refractivity contribution is 6.09. The van der Waals surface area contributed by atoms with Crippen molar-refractivity contribution >= 4 is 23.7 Å². The molecule has 2 aliphatic heterocycles. The molecule has 0 aromatic carbocycles. The normalized spacial score (nSPS) is 42.8. The Morgan fingerprint density at radius 1 is 1.15 bits per heavy atom. The van der Waals surface area contributed by atoms with E-state index in [-0.39, 0.29) is 38.3 Å². The van der Waals surface area contributed by atoms with E-state index in [0.717, 1.165) is 0 Å². The van der Waals surface area contributed by atoms with Gasteiger partial charge in [0.15, 0.2) is 5.78 Å². The minimum absolute atomic E-state index is 0.0350. The second kappa shape index (κ2) is 5.52. The predicted molar refractivity (Wildman–Crippen MR) is 83.4 cm³/mol. The van der Waals surface area contributed by atoms with Gasteiger partial charge < -0.3 is 18.9 Å². The molecule has 0 N–H and O–H groups in total. The third kappa shape index (κ3) is 1.88. The molecule has 2 heterocycles. The SMILES string of the molecule is CCOC(=O)[C@]12C[C@H]3C(=O)O[C@@H]4CC[C@](C(=O)OCC)(CC1=O)[C@@]3(C2)O4. The van der Waals surface area contributed by atoms with Gasteiger partial charge in [-0.25, -0.2) is 0 Å². The Kier molecular flexibility index (Phi) is 3.70. The van der Waals surface area contributed by atoms with Gasteiger partial charge in [-0.2, -0.15) is 0 Å². The molecule has 4 rings (SSSR count). The molecule has 3 bridgehead atoms. The van der Waals surface area contributed by atoms with Gasteiger partial charge in [0.25, 0.3) is 0 Å². The van der Waals surface area contributed by atoms with Crippen LogP contribution >= 0.6 is 0 Å². The van der Waals surface area contributed by atoms with Crippen LogP contribution in [0.4, 0.5) is 0 Å². The van der Waals surface area contributed by atoms with Crippen LogP contribution in [0, 0.1) is 16.7 Å². The maximum atomic E-state index is 13.1. The van der Waals surface area contributed by atoms with Crippen LogP contribution in [-0.2, 0) is 38.1 Å². The second-order valence-electron chi connectivity index (χ2n) is 7.55. The van der Waals surface area contributed by atoms with Gasteiger partial charge in [0, 0.05) is 19.3 Å². The highest BCUT2D eigenvalue weighted by atomic mass is 16.7. The van der Waals surface area contributed by atoms with E-state index in [4.69, 9.17) is 18.9 Å². The number of Topliss-reactive ketones (excluding diaryl/α,β-unsaturated/α-hetero) is 1. The molecular weight excluding hydrogens is 344 g/mol. The first-order chi connectivity index (χ1) is 12.3. The topological polar surface area (TPSA) is 105 Å². The first-order valence-electron chi connectivity index (χ1n) is 9.11. The van der Waals surface area contributed by atoms with Crippen LogP contribution < -0.4 is 0 Å². The van der Waals surface area contributed by atoms with E-state index < -0.39 is 46.5 Å². The van der Waals surface area contributed by atoms with Gasteiger partial charge in [-0.1, -0.05) is 0 Å². The lowest BCUT2D eigenvalue weighted by Gasteiger charge is -2.57. The number of carbonyl (C=O) groups is 4. The largest absolute Gasteiger partial charge is 0.465 e. The fraction of sp³-hybridized carbons (Fsp3) is 0.778. The Labute approximate surface area is 150 Å². The molecule has 2 saturated carbocycles. The summed E-state index contributed by atoms with van der Waals surface area (Å²) in [4.78, 5) is 51.4. The molecule has 0 unspecified atom stereocenters. The number of hydrogen-bond acceptors (Lipinski definition) is 8. The van der Waals surface area contributed by atoms with E-state index in [1.54, 1.807) is 13.8 Å². The Morgan fingerprint density at radius 2 is 1.85 bits per heavy atom. The number of rotatable bonds is 4. The third-order valence-electron chi connectivity index (χ3n) is 6.50. The quantitative estimate of drug-likeness (QED) is 0.410. The molecular formula is C18H22O8. The van der Waals surface area contributed by atoms with Crippen LogP contribution in [0.3, 0.4) is 0 Å². The molecule has 26 heavy (non-hydrogen) atoms. The molecule has 142 valence electrons. The number of hydrogen-bond donors (Lipinski definition) is 0. The van der Waals surface area contributed by atoms with Gasteiger partial charge >= 0.3 is 17.9 Å². The van der Waals surface area contributed by atoms with Crippen molar-refractivity contribution in [1.29, 1.82) is 0 Å². The van der Waals surface area contributed by atoms with Crippen LogP contribution in [0.5, 0.6) is 0 Å².